The minimum atomic E-state index is -0.259. The van der Waals surface area contributed by atoms with Crippen LogP contribution in [0.1, 0.15) is 61.1 Å². The number of nitrogens with zero attached hydrogens (tertiary/aromatic N) is 2. The van der Waals surface area contributed by atoms with E-state index in [2.05, 4.69) is 268 Å². The van der Waals surface area contributed by atoms with Crippen LogP contribution in [0.4, 0.5) is 34.1 Å². The summed E-state index contributed by atoms with van der Waals surface area (Å²) in [6.07, 6.45) is 9.83. The molecule has 2 aliphatic heterocycles. The van der Waals surface area contributed by atoms with Gasteiger partial charge in [-0.1, -0.05) is 198 Å². The summed E-state index contributed by atoms with van der Waals surface area (Å²) >= 11 is 0. The maximum absolute atomic E-state index is 2.54. The zero-order chi connectivity index (χ0) is 45.3. The molecule has 0 bridgehead atoms. The summed E-state index contributed by atoms with van der Waals surface area (Å²) in [5, 5.41) is 0. The third-order valence-electron chi connectivity index (χ3n) is 14.6. The average molecular weight is 861 g/mol. The molecule has 0 saturated heterocycles. The van der Waals surface area contributed by atoms with E-state index in [1.165, 1.54) is 106 Å². The first kappa shape index (κ1) is 40.6. The number of benzene rings is 9. The van der Waals surface area contributed by atoms with Crippen molar-refractivity contribution in [3.05, 3.63) is 258 Å². The molecule has 0 amide bonds. The molecule has 0 atom stereocenters. The molecule has 0 unspecified atom stereocenters. The van der Waals surface area contributed by atoms with Gasteiger partial charge in [-0.3, -0.25) is 0 Å². The van der Waals surface area contributed by atoms with Gasteiger partial charge in [0.05, 0.1) is 28.4 Å². The maximum atomic E-state index is 2.54. The molecule has 322 valence electrons. The summed E-state index contributed by atoms with van der Waals surface area (Å²) in [4.78, 5) is 5.04. The highest BCUT2D eigenvalue weighted by Crippen LogP contribution is 2.56. The Labute approximate surface area is 395 Å². The Bertz CT molecular complexity index is 3370. The van der Waals surface area contributed by atoms with Crippen molar-refractivity contribution < 1.29 is 0 Å². The molecule has 0 spiro atoms. The van der Waals surface area contributed by atoms with Gasteiger partial charge < -0.3 is 9.80 Å². The molecule has 0 saturated carbocycles. The Morgan fingerprint density at radius 2 is 0.776 bits per heavy atom. The van der Waals surface area contributed by atoms with Crippen molar-refractivity contribution in [3.63, 3.8) is 0 Å². The average Bonchev–Trinajstić information content (AvgIpc) is 3.63. The van der Waals surface area contributed by atoms with E-state index in [1.807, 2.05) is 0 Å². The number of hydrogen-bond donors (Lipinski definition) is 0. The number of hydrogen-bond acceptors (Lipinski definition) is 2. The van der Waals surface area contributed by atoms with Gasteiger partial charge in [-0.25, -0.2) is 0 Å². The lowest BCUT2D eigenvalue weighted by Gasteiger charge is -2.43. The summed E-state index contributed by atoms with van der Waals surface area (Å²) in [6.45, 7) is 9.58. The van der Waals surface area contributed by atoms with Crippen LogP contribution in [0, 0.1) is 0 Å². The van der Waals surface area contributed by atoms with Crippen LogP contribution in [-0.2, 0) is 17.3 Å². The zero-order valence-electron chi connectivity index (χ0n) is 38.5. The predicted molar refractivity (Wildman–Crippen MR) is 284 cm³/mol. The van der Waals surface area contributed by atoms with E-state index in [0.717, 1.165) is 12.1 Å². The molecule has 0 aromatic heterocycles. The molecular weight excluding hydrogens is 809 g/mol. The molecule has 1 aliphatic carbocycles. The topological polar surface area (TPSA) is 6.48 Å². The molecule has 2 nitrogen and oxygen atoms in total. The summed E-state index contributed by atoms with van der Waals surface area (Å²) in [5.74, 6) is 0. The minimum absolute atomic E-state index is 0.257. The zero-order valence-corrected chi connectivity index (χ0v) is 38.5. The highest BCUT2D eigenvalue weighted by molar-refractivity contribution is 5.94. The predicted octanol–water partition coefficient (Wildman–Crippen LogP) is 17.7. The van der Waals surface area contributed by atoms with Crippen molar-refractivity contribution in [2.75, 3.05) is 9.80 Å². The molecule has 0 N–H and O–H groups in total. The molecule has 2 heterocycles. The Morgan fingerprint density at radius 3 is 1.31 bits per heavy atom. The van der Waals surface area contributed by atoms with E-state index in [4.69, 9.17) is 0 Å². The lowest BCUT2D eigenvalue weighted by Crippen LogP contribution is -2.31. The van der Waals surface area contributed by atoms with E-state index in [0.29, 0.717) is 0 Å². The third-order valence-corrected chi connectivity index (χ3v) is 14.6. The number of allylic oxidation sites excluding steroid dienone is 3. The van der Waals surface area contributed by atoms with E-state index >= 15 is 0 Å². The molecular formula is C65H52N2. The third kappa shape index (κ3) is 6.78. The Kier molecular flexibility index (Phi) is 9.62. The van der Waals surface area contributed by atoms with Crippen molar-refractivity contribution in [1.29, 1.82) is 0 Å². The highest BCUT2D eigenvalue weighted by Gasteiger charge is 2.40. The van der Waals surface area contributed by atoms with Gasteiger partial charge in [0.1, 0.15) is 0 Å². The van der Waals surface area contributed by atoms with Gasteiger partial charge in [0.25, 0.3) is 0 Å². The number of fused-ring (bicyclic) bond motifs is 5. The molecule has 0 fully saturated rings. The Morgan fingerprint density at radius 1 is 0.328 bits per heavy atom. The van der Waals surface area contributed by atoms with Crippen molar-refractivity contribution in [2.24, 2.45) is 0 Å². The first-order valence-corrected chi connectivity index (χ1v) is 23.6. The standard InChI is InChI=1S/C65H52N2/c1-64(2)55-29-17-19-31-59(55)66(53-39-50(44-21-9-5-10-22-44)38-51(40-53)45-23-11-6-12-24-45)61-35-33-47(41-57(61)64)48-34-36-62-58(42-48)65(3,4)56-30-18-20-32-60(56)67(62)63-43-52(46-25-13-7-14-26-46)37-49-27-15-8-16-28-54(49)63/h5-26,28-43H,27H2,1-4H3. The Balaban J connectivity index is 1.02. The normalized spacial score (nSPS) is 14.9. The summed E-state index contributed by atoms with van der Waals surface area (Å²) in [7, 11) is 0. The van der Waals surface area contributed by atoms with Crippen molar-refractivity contribution >= 4 is 40.2 Å². The number of rotatable bonds is 6. The second kappa shape index (κ2) is 15.9. The summed E-state index contributed by atoms with van der Waals surface area (Å²) < 4.78 is 0. The van der Waals surface area contributed by atoms with Gasteiger partial charge >= 0.3 is 0 Å². The van der Waals surface area contributed by atoms with Crippen LogP contribution in [0.3, 0.4) is 0 Å². The maximum Gasteiger partial charge on any atom is 0.0543 e. The SMILES string of the molecule is CC1(C)c2ccccc2N(c2cc(-c3ccccc3)cc(-c3ccccc3)c2)c2ccc(-c3ccc4c(c3)C(C)(C)c3ccccc3N4c3cc(-c4ccccc4)cc4c3C=CC=CC4)cc21. The molecule has 9 aromatic carbocycles. The van der Waals surface area contributed by atoms with Crippen LogP contribution in [-0.4, -0.2) is 0 Å². The van der Waals surface area contributed by atoms with Crippen molar-refractivity contribution in [1.82, 2.24) is 0 Å². The van der Waals surface area contributed by atoms with Gasteiger partial charge in [-0.2, -0.15) is 0 Å². The largest absolute Gasteiger partial charge is 0.310 e. The quantitative estimate of drug-likeness (QED) is 0.164. The molecule has 3 aliphatic rings. The second-order valence-corrected chi connectivity index (χ2v) is 19.3. The van der Waals surface area contributed by atoms with Gasteiger partial charge in [0.15, 0.2) is 0 Å². The van der Waals surface area contributed by atoms with Crippen LogP contribution in [0.25, 0.3) is 50.6 Å². The molecule has 12 rings (SSSR count). The van der Waals surface area contributed by atoms with Crippen molar-refractivity contribution in [3.8, 4) is 44.5 Å². The van der Waals surface area contributed by atoms with Crippen LogP contribution in [0.5, 0.6) is 0 Å². The first-order chi connectivity index (χ1) is 32.7. The van der Waals surface area contributed by atoms with Gasteiger partial charge in [-0.15, -0.1) is 0 Å². The monoisotopic (exact) mass is 860 g/mol. The van der Waals surface area contributed by atoms with E-state index in [9.17, 15) is 0 Å². The lowest BCUT2D eigenvalue weighted by molar-refractivity contribution is 0.631. The van der Waals surface area contributed by atoms with Crippen LogP contribution >= 0.6 is 0 Å². The van der Waals surface area contributed by atoms with Crippen LogP contribution in [0.15, 0.2) is 224 Å². The van der Waals surface area contributed by atoms with Crippen LogP contribution < -0.4 is 9.80 Å². The fourth-order valence-corrected chi connectivity index (χ4v) is 11.1. The van der Waals surface area contributed by atoms with E-state index < -0.39 is 0 Å². The molecule has 67 heavy (non-hydrogen) atoms. The van der Waals surface area contributed by atoms with Gasteiger partial charge in [0, 0.05) is 22.1 Å². The smallest absolute Gasteiger partial charge is 0.0543 e. The Hall–Kier alpha value is -7.94. The second-order valence-electron chi connectivity index (χ2n) is 19.3. The summed E-state index contributed by atoms with van der Waals surface area (Å²) in [5.41, 5.74) is 24.2. The molecule has 2 heteroatoms. The fourth-order valence-electron chi connectivity index (χ4n) is 11.1. The number of anilines is 6. The highest BCUT2D eigenvalue weighted by atomic mass is 15.2. The number of para-hydroxylation sites is 2. The summed E-state index contributed by atoms with van der Waals surface area (Å²) in [6, 6.07) is 76.7. The molecule has 9 aromatic rings. The lowest BCUT2D eigenvalue weighted by atomic mass is 9.71. The van der Waals surface area contributed by atoms with E-state index in [1.54, 1.807) is 0 Å². The van der Waals surface area contributed by atoms with Crippen LogP contribution in [0.2, 0.25) is 0 Å². The first-order valence-electron chi connectivity index (χ1n) is 23.6. The van der Waals surface area contributed by atoms with Crippen molar-refractivity contribution in [2.45, 2.75) is 44.9 Å². The van der Waals surface area contributed by atoms with E-state index in [-0.39, 0.29) is 10.8 Å². The molecule has 0 radical (unpaired) electrons. The van der Waals surface area contributed by atoms with Gasteiger partial charge in [-0.05, 0) is 139 Å². The fraction of sp³-hybridized carbons (Fsp3) is 0.108. The van der Waals surface area contributed by atoms with Gasteiger partial charge in [0.2, 0.25) is 0 Å². The minimum Gasteiger partial charge on any atom is -0.310 e.